The molecule has 2 aromatic carbocycles. The highest BCUT2D eigenvalue weighted by molar-refractivity contribution is 5.98. The molecule has 0 saturated carbocycles. The van der Waals surface area contributed by atoms with Gasteiger partial charge in [-0.25, -0.2) is 4.39 Å². The molecule has 0 spiro atoms. The van der Waals surface area contributed by atoms with Crippen molar-refractivity contribution in [2.24, 2.45) is 0 Å². The number of rotatable bonds is 3. The van der Waals surface area contributed by atoms with Crippen LogP contribution in [0.1, 0.15) is 11.1 Å². The molecule has 124 valence electrons. The van der Waals surface area contributed by atoms with Gasteiger partial charge in [-0.3, -0.25) is 9.59 Å². The Kier molecular flexibility index (Phi) is 4.60. The summed E-state index contributed by atoms with van der Waals surface area (Å²) in [6.07, 6.45) is 0.178. The number of piperazine rings is 1. The highest BCUT2D eigenvalue weighted by atomic mass is 19.1. The average molecular weight is 326 g/mol. The maximum Gasteiger partial charge on any atom is 0.246 e. The SMILES string of the molecule is Cc1ccccc1N1CCN(C(=O)Cc2ccc(F)cc2)CC1=O. The van der Waals surface area contributed by atoms with E-state index < -0.39 is 0 Å². The second-order valence-corrected chi connectivity index (χ2v) is 5.95. The molecule has 4 nitrogen and oxygen atoms in total. The highest BCUT2D eigenvalue weighted by Gasteiger charge is 2.28. The molecule has 0 aliphatic carbocycles. The third-order valence-electron chi connectivity index (χ3n) is 4.25. The number of aryl methyl sites for hydroxylation is 1. The van der Waals surface area contributed by atoms with E-state index in [1.54, 1.807) is 21.9 Å². The molecule has 1 saturated heterocycles. The lowest BCUT2D eigenvalue weighted by Crippen LogP contribution is -2.53. The van der Waals surface area contributed by atoms with Crippen LogP contribution in [0.4, 0.5) is 10.1 Å². The number of amides is 2. The third-order valence-corrected chi connectivity index (χ3v) is 4.25. The van der Waals surface area contributed by atoms with Crippen LogP contribution in [0.5, 0.6) is 0 Å². The minimum atomic E-state index is -0.326. The molecule has 1 fully saturated rings. The zero-order valence-corrected chi connectivity index (χ0v) is 13.5. The van der Waals surface area contributed by atoms with Crippen molar-refractivity contribution in [3.05, 3.63) is 65.5 Å². The number of halogens is 1. The van der Waals surface area contributed by atoms with Gasteiger partial charge >= 0.3 is 0 Å². The summed E-state index contributed by atoms with van der Waals surface area (Å²) in [5, 5.41) is 0. The molecule has 24 heavy (non-hydrogen) atoms. The molecule has 0 bridgehead atoms. The summed E-state index contributed by atoms with van der Waals surface area (Å²) in [5.41, 5.74) is 2.68. The van der Waals surface area contributed by atoms with Crippen molar-refractivity contribution in [1.82, 2.24) is 4.90 Å². The predicted octanol–water partition coefficient (Wildman–Crippen LogP) is 2.55. The lowest BCUT2D eigenvalue weighted by molar-refractivity contribution is -0.136. The van der Waals surface area contributed by atoms with Crippen LogP contribution in [0.2, 0.25) is 0 Å². The smallest absolute Gasteiger partial charge is 0.246 e. The van der Waals surface area contributed by atoms with E-state index in [0.717, 1.165) is 16.8 Å². The van der Waals surface area contributed by atoms with Crippen LogP contribution in [0.15, 0.2) is 48.5 Å². The largest absolute Gasteiger partial charge is 0.331 e. The summed E-state index contributed by atoms with van der Waals surface area (Å²) < 4.78 is 12.9. The van der Waals surface area contributed by atoms with Gasteiger partial charge in [0.1, 0.15) is 12.4 Å². The van der Waals surface area contributed by atoms with Crippen molar-refractivity contribution in [1.29, 1.82) is 0 Å². The lowest BCUT2D eigenvalue weighted by atomic mass is 10.1. The van der Waals surface area contributed by atoms with Crippen molar-refractivity contribution in [3.63, 3.8) is 0 Å². The zero-order chi connectivity index (χ0) is 17.1. The van der Waals surface area contributed by atoms with E-state index in [0.29, 0.717) is 13.1 Å². The highest BCUT2D eigenvalue weighted by Crippen LogP contribution is 2.21. The van der Waals surface area contributed by atoms with Crippen LogP contribution in [0, 0.1) is 12.7 Å². The Labute approximate surface area is 140 Å². The molecule has 0 radical (unpaired) electrons. The Morgan fingerprint density at radius 3 is 2.46 bits per heavy atom. The van der Waals surface area contributed by atoms with E-state index >= 15 is 0 Å². The second kappa shape index (κ2) is 6.83. The Bertz CT molecular complexity index is 758. The lowest BCUT2D eigenvalue weighted by Gasteiger charge is -2.35. The topological polar surface area (TPSA) is 40.6 Å². The van der Waals surface area contributed by atoms with E-state index in [1.807, 2.05) is 31.2 Å². The molecule has 5 heteroatoms. The first kappa shape index (κ1) is 16.2. The van der Waals surface area contributed by atoms with Gasteiger partial charge in [0.2, 0.25) is 11.8 Å². The monoisotopic (exact) mass is 326 g/mol. The van der Waals surface area contributed by atoms with Gasteiger partial charge in [0.25, 0.3) is 0 Å². The van der Waals surface area contributed by atoms with Gasteiger partial charge in [-0.15, -0.1) is 0 Å². The van der Waals surface area contributed by atoms with Crippen molar-refractivity contribution < 1.29 is 14.0 Å². The molecule has 0 unspecified atom stereocenters. The Morgan fingerprint density at radius 1 is 1.08 bits per heavy atom. The molecule has 2 amide bonds. The Morgan fingerprint density at radius 2 is 1.79 bits per heavy atom. The molecule has 3 rings (SSSR count). The fourth-order valence-corrected chi connectivity index (χ4v) is 2.90. The van der Waals surface area contributed by atoms with E-state index in [4.69, 9.17) is 0 Å². The molecule has 0 aromatic heterocycles. The second-order valence-electron chi connectivity index (χ2n) is 5.95. The molecule has 0 N–H and O–H groups in total. The van der Waals surface area contributed by atoms with E-state index in [-0.39, 0.29) is 30.6 Å². The quantitative estimate of drug-likeness (QED) is 0.870. The van der Waals surface area contributed by atoms with Crippen LogP contribution < -0.4 is 4.90 Å². The van der Waals surface area contributed by atoms with Crippen LogP contribution in [-0.4, -0.2) is 36.3 Å². The summed E-state index contributed by atoms with van der Waals surface area (Å²) in [4.78, 5) is 28.1. The van der Waals surface area contributed by atoms with Gasteiger partial charge in [-0.05, 0) is 36.2 Å². The molecule has 2 aromatic rings. The van der Waals surface area contributed by atoms with Crippen LogP contribution in [0.3, 0.4) is 0 Å². The molecule has 1 aliphatic rings. The number of carbonyl (C=O) groups is 2. The maximum atomic E-state index is 12.9. The van der Waals surface area contributed by atoms with Gasteiger partial charge in [0.05, 0.1) is 6.42 Å². The van der Waals surface area contributed by atoms with Gasteiger partial charge in [-0.1, -0.05) is 30.3 Å². The summed E-state index contributed by atoms with van der Waals surface area (Å²) in [6.45, 7) is 3.03. The van der Waals surface area contributed by atoms with Gasteiger partial charge < -0.3 is 9.80 Å². The number of carbonyl (C=O) groups excluding carboxylic acids is 2. The first-order valence-corrected chi connectivity index (χ1v) is 7.93. The zero-order valence-electron chi connectivity index (χ0n) is 13.5. The van der Waals surface area contributed by atoms with Crippen LogP contribution >= 0.6 is 0 Å². The van der Waals surface area contributed by atoms with Gasteiger partial charge in [0.15, 0.2) is 0 Å². The fraction of sp³-hybridized carbons (Fsp3) is 0.263. The van der Waals surface area contributed by atoms with Crippen molar-refractivity contribution in [2.75, 3.05) is 24.5 Å². The molecule has 1 aliphatic heterocycles. The number of para-hydroxylation sites is 1. The summed E-state index contributed by atoms with van der Waals surface area (Å²) in [6, 6.07) is 13.6. The normalized spacial score (nSPS) is 14.8. The van der Waals surface area contributed by atoms with E-state index in [2.05, 4.69) is 0 Å². The van der Waals surface area contributed by atoms with Gasteiger partial charge in [-0.2, -0.15) is 0 Å². The van der Waals surface area contributed by atoms with Crippen molar-refractivity contribution >= 4 is 17.5 Å². The minimum absolute atomic E-state index is 0.0777. The predicted molar refractivity (Wildman–Crippen MR) is 90.2 cm³/mol. The molecular formula is C19H19FN2O2. The number of hydrogen-bond donors (Lipinski definition) is 0. The summed E-state index contributed by atoms with van der Waals surface area (Å²) in [5.74, 6) is -0.518. The van der Waals surface area contributed by atoms with Crippen LogP contribution in [-0.2, 0) is 16.0 Å². The Hall–Kier alpha value is -2.69. The summed E-state index contributed by atoms with van der Waals surface area (Å²) in [7, 11) is 0. The van der Waals surface area contributed by atoms with Crippen molar-refractivity contribution in [3.8, 4) is 0 Å². The number of benzene rings is 2. The number of hydrogen-bond acceptors (Lipinski definition) is 2. The van der Waals surface area contributed by atoms with Gasteiger partial charge in [0, 0.05) is 18.8 Å². The fourth-order valence-electron chi connectivity index (χ4n) is 2.90. The molecule has 0 atom stereocenters. The van der Waals surface area contributed by atoms with E-state index in [1.165, 1.54) is 12.1 Å². The summed E-state index contributed by atoms with van der Waals surface area (Å²) >= 11 is 0. The number of nitrogens with zero attached hydrogens (tertiary/aromatic N) is 2. The number of anilines is 1. The maximum absolute atomic E-state index is 12.9. The van der Waals surface area contributed by atoms with Crippen LogP contribution in [0.25, 0.3) is 0 Å². The molecular weight excluding hydrogens is 307 g/mol. The third kappa shape index (κ3) is 3.45. The van der Waals surface area contributed by atoms with E-state index in [9.17, 15) is 14.0 Å². The average Bonchev–Trinajstić information content (AvgIpc) is 2.57. The van der Waals surface area contributed by atoms with Crippen molar-refractivity contribution in [2.45, 2.75) is 13.3 Å². The standard InChI is InChI=1S/C19H19FN2O2/c1-14-4-2-3-5-17(14)22-11-10-21(13-19(22)24)18(23)12-15-6-8-16(20)9-7-15/h2-9H,10-13H2,1H3. The first-order chi connectivity index (χ1) is 11.5. The first-order valence-electron chi connectivity index (χ1n) is 7.93. The molecule has 1 heterocycles. The minimum Gasteiger partial charge on any atom is -0.331 e. The Balaban J connectivity index is 1.65.